The zero-order valence-corrected chi connectivity index (χ0v) is 10.0. The Hall–Kier alpha value is -1.14. The molecule has 6 nitrogen and oxygen atoms in total. The predicted molar refractivity (Wildman–Crippen MR) is 58.2 cm³/mol. The van der Waals surface area contributed by atoms with Gasteiger partial charge in [0.15, 0.2) is 6.54 Å². The standard InChI is InChI=1S/C10H19N3O3/c1-7-4-13(5-8(2)16-7)6-9(14)12-10(15)11-3/h7-8H,4-6H2,1-3H3,(H2,11,12,14,15)/p+1/t7-,8+. The van der Waals surface area contributed by atoms with Crippen molar-refractivity contribution in [1.29, 1.82) is 0 Å². The number of morpholine rings is 1. The summed E-state index contributed by atoms with van der Waals surface area (Å²) in [5.41, 5.74) is 0. The second-order valence-corrected chi connectivity index (χ2v) is 4.22. The highest BCUT2D eigenvalue weighted by atomic mass is 16.5. The van der Waals surface area contributed by atoms with Crippen LogP contribution < -0.4 is 15.5 Å². The minimum Gasteiger partial charge on any atom is -0.364 e. The van der Waals surface area contributed by atoms with Gasteiger partial charge in [-0.2, -0.15) is 0 Å². The molecule has 3 amide bonds. The number of quaternary nitrogens is 1. The Morgan fingerprint density at radius 1 is 1.31 bits per heavy atom. The topological polar surface area (TPSA) is 71.9 Å². The first-order valence-electron chi connectivity index (χ1n) is 5.52. The Labute approximate surface area is 95.3 Å². The van der Waals surface area contributed by atoms with Crippen molar-refractivity contribution in [2.45, 2.75) is 26.1 Å². The summed E-state index contributed by atoms with van der Waals surface area (Å²) in [6.07, 6.45) is 0.318. The van der Waals surface area contributed by atoms with Crippen molar-refractivity contribution >= 4 is 11.9 Å². The van der Waals surface area contributed by atoms with Crippen LogP contribution in [0.2, 0.25) is 0 Å². The zero-order chi connectivity index (χ0) is 12.1. The fourth-order valence-corrected chi connectivity index (χ4v) is 1.99. The third-order valence-corrected chi connectivity index (χ3v) is 2.51. The first-order chi connectivity index (χ1) is 7.51. The monoisotopic (exact) mass is 230 g/mol. The molecule has 3 atom stereocenters. The summed E-state index contributed by atoms with van der Waals surface area (Å²) >= 11 is 0. The molecule has 1 heterocycles. The molecule has 3 N–H and O–H groups in total. The van der Waals surface area contributed by atoms with Gasteiger partial charge in [-0.05, 0) is 13.8 Å². The number of ether oxygens (including phenoxy) is 1. The number of amides is 3. The first-order valence-corrected chi connectivity index (χ1v) is 5.52. The quantitative estimate of drug-likeness (QED) is 0.521. The Bertz CT molecular complexity index is 260. The highest BCUT2D eigenvalue weighted by Gasteiger charge is 2.27. The lowest BCUT2D eigenvalue weighted by Gasteiger charge is -2.31. The second-order valence-electron chi connectivity index (χ2n) is 4.22. The summed E-state index contributed by atoms with van der Waals surface area (Å²) in [5, 5.41) is 4.60. The molecule has 1 fully saturated rings. The maximum Gasteiger partial charge on any atom is 0.321 e. The second kappa shape index (κ2) is 5.81. The molecule has 0 aliphatic carbocycles. The number of imide groups is 1. The van der Waals surface area contributed by atoms with Gasteiger partial charge in [0.2, 0.25) is 0 Å². The van der Waals surface area contributed by atoms with Gasteiger partial charge in [0.25, 0.3) is 5.91 Å². The lowest BCUT2D eigenvalue weighted by molar-refractivity contribution is -0.907. The van der Waals surface area contributed by atoms with Crippen molar-refractivity contribution in [2.75, 3.05) is 26.7 Å². The van der Waals surface area contributed by atoms with Crippen LogP contribution in [0.25, 0.3) is 0 Å². The summed E-state index contributed by atoms with van der Waals surface area (Å²) in [6.45, 7) is 5.89. The van der Waals surface area contributed by atoms with E-state index in [4.69, 9.17) is 4.74 Å². The highest BCUT2D eigenvalue weighted by Crippen LogP contribution is 1.97. The zero-order valence-electron chi connectivity index (χ0n) is 10.0. The Morgan fingerprint density at radius 2 is 1.88 bits per heavy atom. The van der Waals surface area contributed by atoms with Crippen molar-refractivity contribution in [3.63, 3.8) is 0 Å². The van der Waals surface area contributed by atoms with E-state index >= 15 is 0 Å². The van der Waals surface area contributed by atoms with E-state index in [1.165, 1.54) is 7.05 Å². The molecule has 6 heteroatoms. The maximum atomic E-state index is 11.5. The van der Waals surface area contributed by atoms with Crippen LogP contribution in [0.15, 0.2) is 0 Å². The fourth-order valence-electron chi connectivity index (χ4n) is 1.99. The number of rotatable bonds is 2. The van der Waals surface area contributed by atoms with Crippen LogP contribution in [-0.4, -0.2) is 50.8 Å². The summed E-state index contributed by atoms with van der Waals surface area (Å²) in [5.74, 6) is -0.254. The van der Waals surface area contributed by atoms with Crippen molar-refractivity contribution in [1.82, 2.24) is 10.6 Å². The van der Waals surface area contributed by atoms with E-state index in [0.29, 0.717) is 6.54 Å². The number of nitrogens with one attached hydrogen (secondary N) is 3. The Balaban J connectivity index is 2.35. The third-order valence-electron chi connectivity index (χ3n) is 2.51. The van der Waals surface area contributed by atoms with E-state index in [9.17, 15) is 9.59 Å². The Kier molecular flexibility index (Phi) is 4.70. The van der Waals surface area contributed by atoms with Gasteiger partial charge in [0.1, 0.15) is 25.3 Å². The maximum absolute atomic E-state index is 11.5. The molecular formula is C10H20N3O3+. The summed E-state index contributed by atoms with van der Waals surface area (Å²) in [4.78, 5) is 23.5. The predicted octanol–water partition coefficient (Wildman–Crippen LogP) is -1.87. The van der Waals surface area contributed by atoms with Crippen LogP contribution in [0.3, 0.4) is 0 Å². The summed E-state index contributed by atoms with van der Waals surface area (Å²) in [7, 11) is 1.48. The summed E-state index contributed by atoms with van der Waals surface area (Å²) < 4.78 is 5.57. The van der Waals surface area contributed by atoms with Gasteiger partial charge in [-0.15, -0.1) is 0 Å². The van der Waals surface area contributed by atoms with Gasteiger partial charge in [0, 0.05) is 7.05 Å². The number of urea groups is 1. The molecule has 0 bridgehead atoms. The molecule has 0 spiro atoms. The van der Waals surface area contributed by atoms with Crippen molar-refractivity contribution in [3.8, 4) is 0 Å². The van der Waals surface area contributed by atoms with E-state index in [1.807, 2.05) is 13.8 Å². The van der Waals surface area contributed by atoms with Crippen LogP contribution in [-0.2, 0) is 9.53 Å². The minimum atomic E-state index is -0.459. The fraction of sp³-hybridized carbons (Fsp3) is 0.800. The Morgan fingerprint density at radius 3 is 2.38 bits per heavy atom. The molecule has 1 aliphatic rings. The van der Waals surface area contributed by atoms with E-state index in [1.54, 1.807) is 0 Å². The molecule has 92 valence electrons. The van der Waals surface area contributed by atoms with Crippen molar-refractivity contribution in [3.05, 3.63) is 0 Å². The lowest BCUT2D eigenvalue weighted by atomic mass is 10.2. The number of carbonyl (C=O) groups excluding carboxylic acids is 2. The van der Waals surface area contributed by atoms with Gasteiger partial charge in [-0.3, -0.25) is 10.1 Å². The number of hydrogen-bond donors (Lipinski definition) is 3. The normalized spacial score (nSPS) is 29.6. The molecule has 1 unspecified atom stereocenters. The van der Waals surface area contributed by atoms with Gasteiger partial charge >= 0.3 is 6.03 Å². The van der Waals surface area contributed by atoms with Gasteiger partial charge in [-0.1, -0.05) is 0 Å². The van der Waals surface area contributed by atoms with Gasteiger partial charge < -0.3 is 15.0 Å². The van der Waals surface area contributed by atoms with E-state index < -0.39 is 6.03 Å². The number of hydrogen-bond acceptors (Lipinski definition) is 3. The average Bonchev–Trinajstić information content (AvgIpc) is 2.15. The molecule has 0 radical (unpaired) electrons. The van der Waals surface area contributed by atoms with Gasteiger partial charge in [0.05, 0.1) is 0 Å². The van der Waals surface area contributed by atoms with E-state index in [0.717, 1.165) is 18.0 Å². The largest absolute Gasteiger partial charge is 0.364 e. The van der Waals surface area contributed by atoms with Crippen LogP contribution in [0, 0.1) is 0 Å². The molecule has 1 rings (SSSR count). The van der Waals surface area contributed by atoms with Crippen molar-refractivity contribution in [2.24, 2.45) is 0 Å². The first kappa shape index (κ1) is 12.9. The lowest BCUT2D eigenvalue weighted by Crippen LogP contribution is -3.16. The molecule has 16 heavy (non-hydrogen) atoms. The van der Waals surface area contributed by atoms with E-state index in [-0.39, 0.29) is 18.1 Å². The van der Waals surface area contributed by atoms with E-state index in [2.05, 4.69) is 10.6 Å². The molecular weight excluding hydrogens is 210 g/mol. The molecule has 1 aliphatic heterocycles. The van der Waals surface area contributed by atoms with Crippen LogP contribution in [0.4, 0.5) is 4.79 Å². The minimum absolute atomic E-state index is 0.159. The average molecular weight is 230 g/mol. The third kappa shape index (κ3) is 4.16. The molecule has 1 saturated heterocycles. The molecule has 0 aromatic rings. The smallest absolute Gasteiger partial charge is 0.321 e. The van der Waals surface area contributed by atoms with Crippen molar-refractivity contribution < 1.29 is 19.2 Å². The van der Waals surface area contributed by atoms with Crippen LogP contribution in [0.5, 0.6) is 0 Å². The molecule has 0 aromatic heterocycles. The highest BCUT2D eigenvalue weighted by molar-refractivity contribution is 5.94. The molecule has 0 saturated carbocycles. The van der Waals surface area contributed by atoms with Gasteiger partial charge in [-0.25, -0.2) is 4.79 Å². The number of carbonyl (C=O) groups is 2. The van der Waals surface area contributed by atoms with Crippen LogP contribution >= 0.6 is 0 Å². The molecule has 0 aromatic carbocycles. The SMILES string of the molecule is CNC(=O)NC(=O)C[NH+]1C[C@@H](C)O[C@@H](C)C1. The summed E-state index contributed by atoms with van der Waals surface area (Å²) in [6, 6.07) is -0.459. The van der Waals surface area contributed by atoms with Crippen LogP contribution in [0.1, 0.15) is 13.8 Å².